The van der Waals surface area contributed by atoms with Crippen molar-refractivity contribution in [3.8, 4) is 0 Å². The molecule has 0 aliphatic rings. The summed E-state index contributed by atoms with van der Waals surface area (Å²) in [6.07, 6.45) is 0.463. The molecule has 0 amide bonds. The van der Waals surface area contributed by atoms with Crippen LogP contribution in [0.15, 0.2) is 53.5 Å². The van der Waals surface area contributed by atoms with Gasteiger partial charge in [-0.2, -0.15) is 0 Å². The van der Waals surface area contributed by atoms with Gasteiger partial charge in [0.15, 0.2) is 5.96 Å². The minimum absolute atomic E-state index is 0. The molecule has 6 heteroatoms. The number of nitrogens with zero attached hydrogens (tertiary/aromatic N) is 2. The summed E-state index contributed by atoms with van der Waals surface area (Å²) in [5.74, 6) is -0.339. The molecule has 0 aliphatic heterocycles. The van der Waals surface area contributed by atoms with Crippen LogP contribution in [0.4, 0.5) is 8.78 Å². The second-order valence-corrected chi connectivity index (χ2v) is 5.43. The number of hydrogen-bond donors (Lipinski definition) is 1. The Morgan fingerprint density at radius 1 is 1.08 bits per heavy atom. The molecule has 0 aliphatic carbocycles. The first kappa shape index (κ1) is 20.3. The zero-order valence-corrected chi connectivity index (χ0v) is 16.1. The summed E-state index contributed by atoms with van der Waals surface area (Å²) in [5.41, 5.74) is 1.61. The molecule has 0 saturated carbocycles. The lowest BCUT2D eigenvalue weighted by Crippen LogP contribution is -2.37. The smallest absolute Gasteiger partial charge is 0.193 e. The van der Waals surface area contributed by atoms with Crippen molar-refractivity contribution in [3.05, 3.63) is 71.3 Å². The zero-order chi connectivity index (χ0) is 16.7. The highest BCUT2D eigenvalue weighted by Gasteiger charge is 2.05. The zero-order valence-electron chi connectivity index (χ0n) is 13.8. The molecule has 2 aromatic rings. The van der Waals surface area contributed by atoms with Crippen LogP contribution in [0.3, 0.4) is 0 Å². The number of nitrogens with one attached hydrogen (secondary N) is 1. The Morgan fingerprint density at radius 2 is 1.79 bits per heavy atom. The third-order valence-corrected chi connectivity index (χ3v) is 3.37. The van der Waals surface area contributed by atoms with E-state index in [1.54, 1.807) is 0 Å². The number of aliphatic imine (C=N–C) groups is 1. The van der Waals surface area contributed by atoms with E-state index in [4.69, 9.17) is 0 Å². The second kappa shape index (κ2) is 10.2. The van der Waals surface area contributed by atoms with Crippen LogP contribution in [0.5, 0.6) is 0 Å². The quantitative estimate of drug-likeness (QED) is 0.431. The van der Waals surface area contributed by atoms with E-state index >= 15 is 0 Å². The fraction of sp³-hybridized carbons (Fsp3) is 0.278. The van der Waals surface area contributed by atoms with Crippen molar-refractivity contribution in [2.75, 3.05) is 20.6 Å². The standard InChI is InChI=1S/C18H21F2N3.HI/c1-23(2)18(22-13-14-6-4-3-5-7-14)21-11-10-15-8-9-16(19)12-17(15)20;/h3-9,12H,10-11,13H2,1-2H3,(H,21,22);1H. The summed E-state index contributed by atoms with van der Waals surface area (Å²) in [7, 11) is 3.80. The summed E-state index contributed by atoms with van der Waals surface area (Å²) in [6.45, 7) is 1.10. The largest absolute Gasteiger partial charge is 0.356 e. The molecular formula is C18H22F2IN3. The monoisotopic (exact) mass is 445 g/mol. The van der Waals surface area contributed by atoms with E-state index in [0.29, 0.717) is 25.1 Å². The average Bonchev–Trinajstić information content (AvgIpc) is 2.53. The maximum absolute atomic E-state index is 13.6. The average molecular weight is 445 g/mol. The van der Waals surface area contributed by atoms with Crippen LogP contribution in [0.1, 0.15) is 11.1 Å². The molecule has 0 unspecified atom stereocenters. The topological polar surface area (TPSA) is 27.6 Å². The molecule has 130 valence electrons. The fourth-order valence-electron chi connectivity index (χ4n) is 2.14. The first-order valence-electron chi connectivity index (χ1n) is 7.50. The Balaban J connectivity index is 0.00000288. The van der Waals surface area contributed by atoms with E-state index < -0.39 is 11.6 Å². The Morgan fingerprint density at radius 3 is 2.42 bits per heavy atom. The number of halogens is 3. The normalized spacial score (nSPS) is 10.9. The summed E-state index contributed by atoms with van der Waals surface area (Å²) < 4.78 is 26.5. The Kier molecular flexibility index (Phi) is 8.67. The van der Waals surface area contributed by atoms with Crippen molar-refractivity contribution in [2.24, 2.45) is 4.99 Å². The van der Waals surface area contributed by atoms with Crippen LogP contribution < -0.4 is 5.32 Å². The molecule has 0 radical (unpaired) electrons. The highest BCUT2D eigenvalue weighted by atomic mass is 127. The van der Waals surface area contributed by atoms with Gasteiger partial charge in [-0.15, -0.1) is 24.0 Å². The van der Waals surface area contributed by atoms with E-state index in [1.165, 1.54) is 12.1 Å². The van der Waals surface area contributed by atoms with Gasteiger partial charge in [-0.25, -0.2) is 13.8 Å². The van der Waals surface area contributed by atoms with Crippen LogP contribution in [-0.4, -0.2) is 31.5 Å². The Bertz CT molecular complexity index is 661. The molecule has 0 fully saturated rings. The molecule has 0 saturated heterocycles. The van der Waals surface area contributed by atoms with Crippen molar-refractivity contribution in [1.82, 2.24) is 10.2 Å². The van der Waals surface area contributed by atoms with Crippen molar-refractivity contribution in [3.63, 3.8) is 0 Å². The number of rotatable bonds is 5. The van der Waals surface area contributed by atoms with Crippen LogP contribution in [0, 0.1) is 11.6 Å². The number of hydrogen-bond acceptors (Lipinski definition) is 1. The lowest BCUT2D eigenvalue weighted by atomic mass is 10.1. The highest BCUT2D eigenvalue weighted by molar-refractivity contribution is 14.0. The summed E-state index contributed by atoms with van der Waals surface area (Å²) in [6, 6.07) is 13.6. The SMILES string of the molecule is CN(C)C(=NCc1ccccc1)NCCc1ccc(F)cc1F.I. The van der Waals surface area contributed by atoms with Crippen LogP contribution in [0.25, 0.3) is 0 Å². The lowest BCUT2D eigenvalue weighted by Gasteiger charge is -2.17. The third-order valence-electron chi connectivity index (χ3n) is 3.37. The van der Waals surface area contributed by atoms with Gasteiger partial charge in [-0.05, 0) is 23.6 Å². The predicted molar refractivity (Wildman–Crippen MR) is 105 cm³/mol. The van der Waals surface area contributed by atoms with Crippen LogP contribution in [-0.2, 0) is 13.0 Å². The molecule has 1 N–H and O–H groups in total. The summed E-state index contributed by atoms with van der Waals surface area (Å²) in [5, 5.41) is 3.20. The van der Waals surface area contributed by atoms with Crippen molar-refractivity contribution in [1.29, 1.82) is 0 Å². The summed E-state index contributed by atoms with van der Waals surface area (Å²) in [4.78, 5) is 6.42. The van der Waals surface area contributed by atoms with Gasteiger partial charge < -0.3 is 10.2 Å². The molecule has 24 heavy (non-hydrogen) atoms. The van der Waals surface area contributed by atoms with Gasteiger partial charge >= 0.3 is 0 Å². The molecular weight excluding hydrogens is 423 g/mol. The van der Waals surface area contributed by atoms with Crippen molar-refractivity contribution >= 4 is 29.9 Å². The lowest BCUT2D eigenvalue weighted by molar-refractivity contribution is 0.562. The Labute approximate surface area is 158 Å². The minimum atomic E-state index is -0.558. The maximum Gasteiger partial charge on any atom is 0.193 e. The Hall–Kier alpha value is -1.70. The molecule has 0 spiro atoms. The van der Waals surface area contributed by atoms with Crippen molar-refractivity contribution in [2.45, 2.75) is 13.0 Å². The molecule has 0 aromatic heterocycles. The van der Waals surface area contributed by atoms with E-state index in [9.17, 15) is 8.78 Å². The molecule has 2 aromatic carbocycles. The van der Waals surface area contributed by atoms with Gasteiger partial charge in [0, 0.05) is 26.7 Å². The van der Waals surface area contributed by atoms with Gasteiger partial charge in [0.05, 0.1) is 6.54 Å². The first-order chi connectivity index (χ1) is 11.1. The van der Waals surface area contributed by atoms with Crippen LogP contribution >= 0.6 is 24.0 Å². The van der Waals surface area contributed by atoms with Gasteiger partial charge in [-0.3, -0.25) is 0 Å². The van der Waals surface area contributed by atoms with E-state index in [2.05, 4.69) is 10.3 Å². The maximum atomic E-state index is 13.6. The number of benzene rings is 2. The van der Waals surface area contributed by atoms with E-state index in [1.807, 2.05) is 49.3 Å². The number of guanidine groups is 1. The van der Waals surface area contributed by atoms with Gasteiger partial charge in [0.2, 0.25) is 0 Å². The van der Waals surface area contributed by atoms with Gasteiger partial charge in [-0.1, -0.05) is 36.4 Å². The molecule has 0 heterocycles. The van der Waals surface area contributed by atoms with E-state index in [-0.39, 0.29) is 24.0 Å². The van der Waals surface area contributed by atoms with Crippen LogP contribution in [0.2, 0.25) is 0 Å². The summed E-state index contributed by atoms with van der Waals surface area (Å²) >= 11 is 0. The molecule has 2 rings (SSSR count). The van der Waals surface area contributed by atoms with Gasteiger partial charge in [0.1, 0.15) is 11.6 Å². The van der Waals surface area contributed by atoms with E-state index in [0.717, 1.165) is 17.6 Å². The molecule has 0 bridgehead atoms. The first-order valence-corrected chi connectivity index (χ1v) is 7.50. The molecule has 3 nitrogen and oxygen atoms in total. The second-order valence-electron chi connectivity index (χ2n) is 5.43. The van der Waals surface area contributed by atoms with Gasteiger partial charge in [0.25, 0.3) is 0 Å². The predicted octanol–water partition coefficient (Wildman–Crippen LogP) is 3.83. The minimum Gasteiger partial charge on any atom is -0.356 e. The fourth-order valence-corrected chi connectivity index (χ4v) is 2.14. The van der Waals surface area contributed by atoms with Crippen molar-refractivity contribution < 1.29 is 8.78 Å². The molecule has 0 atom stereocenters. The third kappa shape index (κ3) is 6.43. The highest BCUT2D eigenvalue weighted by Crippen LogP contribution is 2.09.